The Hall–Kier alpha value is -1.39. The Balaban J connectivity index is 1.58. The minimum Gasteiger partial charge on any atom is -0.508 e. The van der Waals surface area contributed by atoms with Crippen LogP contribution in [0.1, 0.15) is 30.1 Å². The van der Waals surface area contributed by atoms with Gasteiger partial charge in [-0.25, -0.2) is 0 Å². The van der Waals surface area contributed by atoms with Gasteiger partial charge in [0.25, 0.3) is 0 Å². The fourth-order valence-electron chi connectivity index (χ4n) is 3.78. The average molecular weight is 275 g/mol. The van der Waals surface area contributed by atoms with E-state index < -0.39 is 5.60 Å². The van der Waals surface area contributed by atoms with Crippen LogP contribution in [0, 0.1) is 11.8 Å². The van der Waals surface area contributed by atoms with Crippen molar-refractivity contribution in [1.82, 2.24) is 4.90 Å². The fourth-order valence-corrected chi connectivity index (χ4v) is 3.78. The maximum atomic E-state index is 12.2. The normalized spacial score (nSPS) is 33.3. The van der Waals surface area contributed by atoms with E-state index in [1.807, 2.05) is 6.92 Å². The van der Waals surface area contributed by atoms with Crippen LogP contribution in [-0.4, -0.2) is 46.1 Å². The Morgan fingerprint density at radius 1 is 1.25 bits per heavy atom. The van der Waals surface area contributed by atoms with E-state index >= 15 is 0 Å². The maximum Gasteiger partial charge on any atom is 0.176 e. The minimum atomic E-state index is -0.512. The summed E-state index contributed by atoms with van der Waals surface area (Å²) >= 11 is 0. The molecule has 0 spiro atoms. The molecule has 0 aromatic heterocycles. The van der Waals surface area contributed by atoms with Crippen LogP contribution in [0.15, 0.2) is 24.3 Å². The molecule has 1 aliphatic heterocycles. The van der Waals surface area contributed by atoms with E-state index in [9.17, 15) is 15.0 Å². The summed E-state index contributed by atoms with van der Waals surface area (Å²) in [5.74, 6) is 1.33. The van der Waals surface area contributed by atoms with Gasteiger partial charge in [-0.15, -0.1) is 0 Å². The van der Waals surface area contributed by atoms with Gasteiger partial charge in [-0.05, 0) is 55.9 Å². The predicted octanol–water partition coefficient (Wildman–Crippen LogP) is 1.67. The number of benzene rings is 1. The summed E-state index contributed by atoms with van der Waals surface area (Å²) in [6, 6.07) is 6.42. The molecule has 2 fully saturated rings. The first-order valence-corrected chi connectivity index (χ1v) is 7.20. The number of rotatable bonds is 3. The molecular weight excluding hydrogens is 254 g/mol. The number of hydrogen-bond acceptors (Lipinski definition) is 4. The van der Waals surface area contributed by atoms with Crippen LogP contribution in [0.25, 0.3) is 0 Å². The van der Waals surface area contributed by atoms with Gasteiger partial charge in [-0.1, -0.05) is 0 Å². The Bertz CT molecular complexity index is 493. The van der Waals surface area contributed by atoms with E-state index in [0.717, 1.165) is 25.9 Å². The number of aromatic hydroxyl groups is 1. The minimum absolute atomic E-state index is 0.0942. The molecule has 1 saturated carbocycles. The Morgan fingerprint density at radius 2 is 1.80 bits per heavy atom. The summed E-state index contributed by atoms with van der Waals surface area (Å²) in [6.07, 6.45) is 1.70. The molecule has 1 saturated heterocycles. The van der Waals surface area contributed by atoms with Crippen molar-refractivity contribution < 1.29 is 15.0 Å². The second-order valence-corrected chi connectivity index (χ2v) is 6.59. The first-order valence-electron chi connectivity index (χ1n) is 7.20. The van der Waals surface area contributed by atoms with E-state index in [0.29, 0.717) is 23.9 Å². The van der Waals surface area contributed by atoms with Crippen LogP contribution in [0.4, 0.5) is 0 Å². The molecule has 108 valence electrons. The average Bonchev–Trinajstić information content (AvgIpc) is 2.82. The third-order valence-electron chi connectivity index (χ3n) is 4.61. The van der Waals surface area contributed by atoms with Crippen molar-refractivity contribution in [3.63, 3.8) is 0 Å². The number of hydrogen-bond donors (Lipinski definition) is 2. The van der Waals surface area contributed by atoms with Gasteiger partial charge in [0.1, 0.15) is 5.75 Å². The Morgan fingerprint density at radius 3 is 2.35 bits per heavy atom. The highest BCUT2D eigenvalue weighted by molar-refractivity contribution is 5.97. The molecule has 20 heavy (non-hydrogen) atoms. The first-order chi connectivity index (χ1) is 9.43. The summed E-state index contributed by atoms with van der Waals surface area (Å²) in [4.78, 5) is 14.4. The van der Waals surface area contributed by atoms with Crippen LogP contribution in [0.3, 0.4) is 0 Å². The number of likely N-dealkylation sites (tertiary alicyclic amines) is 1. The lowest BCUT2D eigenvalue weighted by atomic mass is 10.0. The molecule has 4 heteroatoms. The van der Waals surface area contributed by atoms with E-state index in [2.05, 4.69) is 4.90 Å². The lowest BCUT2D eigenvalue weighted by Crippen LogP contribution is -2.31. The topological polar surface area (TPSA) is 60.8 Å². The van der Waals surface area contributed by atoms with E-state index in [-0.39, 0.29) is 11.5 Å². The summed E-state index contributed by atoms with van der Waals surface area (Å²) in [5.41, 5.74) is 0.134. The van der Waals surface area contributed by atoms with Crippen molar-refractivity contribution in [1.29, 1.82) is 0 Å². The zero-order valence-electron chi connectivity index (χ0n) is 11.7. The molecule has 0 radical (unpaired) electrons. The highest BCUT2D eigenvalue weighted by Crippen LogP contribution is 2.43. The molecule has 2 N–H and O–H groups in total. The molecule has 4 nitrogen and oxygen atoms in total. The summed E-state index contributed by atoms with van der Waals surface area (Å²) in [7, 11) is 0. The second kappa shape index (κ2) is 4.86. The monoisotopic (exact) mass is 275 g/mol. The van der Waals surface area contributed by atoms with Gasteiger partial charge in [0.05, 0.1) is 12.1 Å². The Kier molecular flexibility index (Phi) is 3.30. The van der Waals surface area contributed by atoms with Gasteiger partial charge < -0.3 is 10.2 Å². The standard InChI is InChI=1S/C16H21NO3/c1-16(20)6-12-8-17(9-13(12)7-16)10-15(19)11-2-4-14(18)5-3-11/h2-5,12-13,18,20H,6-10H2,1H3. The van der Waals surface area contributed by atoms with Gasteiger partial charge in [0.15, 0.2) is 5.78 Å². The predicted molar refractivity (Wildman–Crippen MR) is 75.7 cm³/mol. The molecule has 3 rings (SSSR count). The lowest BCUT2D eigenvalue weighted by molar-refractivity contribution is 0.0542. The molecule has 2 unspecified atom stereocenters. The van der Waals surface area contributed by atoms with Crippen molar-refractivity contribution >= 4 is 5.78 Å². The molecular formula is C16H21NO3. The van der Waals surface area contributed by atoms with Gasteiger partial charge in [0, 0.05) is 18.7 Å². The van der Waals surface area contributed by atoms with Crippen LogP contribution in [-0.2, 0) is 0 Å². The van der Waals surface area contributed by atoms with Gasteiger partial charge in [-0.3, -0.25) is 9.69 Å². The van der Waals surface area contributed by atoms with Crippen LogP contribution in [0.5, 0.6) is 5.75 Å². The second-order valence-electron chi connectivity index (χ2n) is 6.59. The van der Waals surface area contributed by atoms with Gasteiger partial charge in [0.2, 0.25) is 0 Å². The molecule has 2 atom stereocenters. The van der Waals surface area contributed by atoms with Crippen molar-refractivity contribution in [3.05, 3.63) is 29.8 Å². The third-order valence-corrected chi connectivity index (χ3v) is 4.61. The van der Waals surface area contributed by atoms with Crippen molar-refractivity contribution in [2.75, 3.05) is 19.6 Å². The molecule has 0 bridgehead atoms. The molecule has 1 aliphatic carbocycles. The quantitative estimate of drug-likeness (QED) is 0.824. The molecule has 2 aliphatic rings. The molecule has 0 amide bonds. The zero-order chi connectivity index (χ0) is 14.3. The zero-order valence-corrected chi connectivity index (χ0v) is 11.7. The number of phenols is 1. The molecule has 1 aromatic carbocycles. The van der Waals surface area contributed by atoms with E-state index in [1.165, 1.54) is 0 Å². The summed E-state index contributed by atoms with van der Waals surface area (Å²) in [6.45, 7) is 4.16. The van der Waals surface area contributed by atoms with Gasteiger partial charge >= 0.3 is 0 Å². The number of aliphatic hydroxyl groups is 1. The number of nitrogens with zero attached hydrogens (tertiary/aromatic N) is 1. The first kappa shape index (κ1) is 13.6. The number of fused-ring (bicyclic) bond motifs is 1. The highest BCUT2D eigenvalue weighted by Gasteiger charge is 2.45. The van der Waals surface area contributed by atoms with E-state index in [1.54, 1.807) is 24.3 Å². The number of phenolic OH excluding ortho intramolecular Hbond substituents is 1. The van der Waals surface area contributed by atoms with Crippen molar-refractivity contribution in [3.8, 4) is 5.75 Å². The highest BCUT2D eigenvalue weighted by atomic mass is 16.3. The summed E-state index contributed by atoms with van der Waals surface area (Å²) < 4.78 is 0. The fraction of sp³-hybridized carbons (Fsp3) is 0.562. The van der Waals surface area contributed by atoms with Crippen LogP contribution >= 0.6 is 0 Å². The lowest BCUT2D eigenvalue weighted by Gasteiger charge is -2.21. The number of Topliss-reactive ketones (excluding diaryl/α,β-unsaturated/α-hetero) is 1. The smallest absolute Gasteiger partial charge is 0.176 e. The third kappa shape index (κ3) is 2.72. The number of ketones is 1. The van der Waals surface area contributed by atoms with Crippen molar-refractivity contribution in [2.24, 2.45) is 11.8 Å². The van der Waals surface area contributed by atoms with Crippen LogP contribution < -0.4 is 0 Å². The van der Waals surface area contributed by atoms with E-state index in [4.69, 9.17) is 0 Å². The Labute approximate surface area is 119 Å². The molecule has 1 aromatic rings. The van der Waals surface area contributed by atoms with Crippen LogP contribution in [0.2, 0.25) is 0 Å². The number of carbonyl (C=O) groups is 1. The van der Waals surface area contributed by atoms with Crippen molar-refractivity contribution in [2.45, 2.75) is 25.4 Å². The summed E-state index contributed by atoms with van der Waals surface area (Å²) in [5, 5.41) is 19.3. The molecule has 1 heterocycles. The maximum absolute atomic E-state index is 12.2. The SMILES string of the molecule is CC1(O)CC2CN(CC(=O)c3ccc(O)cc3)CC2C1. The number of carbonyl (C=O) groups excluding carboxylic acids is 1. The largest absolute Gasteiger partial charge is 0.508 e. The van der Waals surface area contributed by atoms with Gasteiger partial charge in [-0.2, -0.15) is 0 Å².